The lowest BCUT2D eigenvalue weighted by Crippen LogP contribution is -2.27. The Morgan fingerprint density at radius 3 is 2.30 bits per heavy atom. The SMILES string of the molecule is CCN=C(NCC)C(C)C. The van der Waals surface area contributed by atoms with Crippen LogP contribution in [0.2, 0.25) is 0 Å². The summed E-state index contributed by atoms with van der Waals surface area (Å²) in [5.41, 5.74) is 0. The highest BCUT2D eigenvalue weighted by Gasteiger charge is 2.00. The van der Waals surface area contributed by atoms with Gasteiger partial charge in [0.2, 0.25) is 0 Å². The Labute approximate surface area is 63.7 Å². The van der Waals surface area contributed by atoms with E-state index in [1.165, 1.54) is 0 Å². The van der Waals surface area contributed by atoms with Crippen LogP contribution in [-0.4, -0.2) is 18.9 Å². The maximum atomic E-state index is 4.32. The Kier molecular flexibility index (Phi) is 4.99. The van der Waals surface area contributed by atoms with Crippen molar-refractivity contribution >= 4 is 5.84 Å². The fraction of sp³-hybridized carbons (Fsp3) is 0.875. The van der Waals surface area contributed by atoms with Crippen molar-refractivity contribution in [3.8, 4) is 0 Å². The molecule has 0 rings (SSSR count). The van der Waals surface area contributed by atoms with Crippen molar-refractivity contribution < 1.29 is 0 Å². The molecule has 0 saturated carbocycles. The van der Waals surface area contributed by atoms with Gasteiger partial charge in [-0.15, -0.1) is 0 Å². The third-order valence-electron chi connectivity index (χ3n) is 1.23. The number of hydrogen-bond acceptors (Lipinski definition) is 1. The summed E-state index contributed by atoms with van der Waals surface area (Å²) in [6, 6.07) is 0. The van der Waals surface area contributed by atoms with E-state index in [-0.39, 0.29) is 0 Å². The molecule has 0 spiro atoms. The van der Waals surface area contributed by atoms with Crippen LogP contribution in [0.5, 0.6) is 0 Å². The summed E-state index contributed by atoms with van der Waals surface area (Å²) in [7, 11) is 0. The Hall–Kier alpha value is -0.530. The van der Waals surface area contributed by atoms with Gasteiger partial charge in [-0.05, 0) is 13.8 Å². The van der Waals surface area contributed by atoms with Crippen LogP contribution in [0.15, 0.2) is 4.99 Å². The molecule has 2 nitrogen and oxygen atoms in total. The van der Waals surface area contributed by atoms with Crippen molar-refractivity contribution in [1.82, 2.24) is 5.32 Å². The molecular weight excluding hydrogens is 124 g/mol. The molecule has 10 heavy (non-hydrogen) atoms. The quantitative estimate of drug-likeness (QED) is 0.470. The number of amidine groups is 1. The predicted octanol–water partition coefficient (Wildman–Crippen LogP) is 1.67. The second kappa shape index (κ2) is 5.27. The Morgan fingerprint density at radius 2 is 2.00 bits per heavy atom. The summed E-state index contributed by atoms with van der Waals surface area (Å²) in [5, 5.41) is 3.23. The molecule has 0 fully saturated rings. The Bertz CT molecular complexity index is 106. The summed E-state index contributed by atoms with van der Waals surface area (Å²) in [5.74, 6) is 1.66. The van der Waals surface area contributed by atoms with Crippen LogP contribution in [-0.2, 0) is 0 Å². The predicted molar refractivity (Wildman–Crippen MR) is 46.5 cm³/mol. The lowest BCUT2D eigenvalue weighted by atomic mass is 10.2. The van der Waals surface area contributed by atoms with Gasteiger partial charge in [0.15, 0.2) is 0 Å². The third kappa shape index (κ3) is 3.49. The summed E-state index contributed by atoms with van der Waals surface area (Å²) >= 11 is 0. The monoisotopic (exact) mass is 142 g/mol. The largest absolute Gasteiger partial charge is 0.374 e. The molecule has 0 radical (unpaired) electrons. The number of nitrogens with zero attached hydrogens (tertiary/aromatic N) is 1. The molecule has 0 heterocycles. The van der Waals surface area contributed by atoms with Crippen LogP contribution >= 0.6 is 0 Å². The third-order valence-corrected chi connectivity index (χ3v) is 1.23. The first-order chi connectivity index (χ1) is 4.72. The number of nitrogens with one attached hydrogen (secondary N) is 1. The summed E-state index contributed by atoms with van der Waals surface area (Å²) in [6.45, 7) is 10.3. The van der Waals surface area contributed by atoms with Gasteiger partial charge in [0, 0.05) is 19.0 Å². The van der Waals surface area contributed by atoms with Crippen LogP contribution in [0.25, 0.3) is 0 Å². The molecule has 0 atom stereocenters. The molecule has 60 valence electrons. The molecule has 1 N–H and O–H groups in total. The fourth-order valence-electron chi connectivity index (χ4n) is 0.794. The van der Waals surface area contributed by atoms with Gasteiger partial charge in [-0.1, -0.05) is 13.8 Å². The van der Waals surface area contributed by atoms with Crippen LogP contribution in [0.4, 0.5) is 0 Å². The molecule has 0 bridgehead atoms. The van der Waals surface area contributed by atoms with Crippen LogP contribution in [0, 0.1) is 5.92 Å². The number of aliphatic imine (C=N–C) groups is 1. The average Bonchev–Trinajstić information content (AvgIpc) is 1.87. The molecule has 0 amide bonds. The normalized spacial score (nSPS) is 12.3. The highest BCUT2D eigenvalue weighted by Crippen LogP contribution is 1.93. The fourth-order valence-corrected chi connectivity index (χ4v) is 0.794. The van der Waals surface area contributed by atoms with Gasteiger partial charge >= 0.3 is 0 Å². The minimum atomic E-state index is 0.528. The van der Waals surface area contributed by atoms with Gasteiger partial charge in [0.05, 0.1) is 5.84 Å². The molecule has 0 saturated heterocycles. The molecule has 0 aromatic carbocycles. The maximum absolute atomic E-state index is 4.32. The minimum absolute atomic E-state index is 0.528. The van der Waals surface area contributed by atoms with E-state index in [4.69, 9.17) is 0 Å². The molecule has 0 aliphatic carbocycles. The summed E-state index contributed by atoms with van der Waals surface area (Å²) in [6.07, 6.45) is 0. The zero-order chi connectivity index (χ0) is 7.98. The smallest absolute Gasteiger partial charge is 0.0988 e. The van der Waals surface area contributed by atoms with E-state index in [0.717, 1.165) is 18.9 Å². The maximum Gasteiger partial charge on any atom is 0.0988 e. The van der Waals surface area contributed by atoms with Crippen molar-refractivity contribution in [3.63, 3.8) is 0 Å². The standard InChI is InChI=1S/C8H18N2/c1-5-9-8(7(3)4)10-6-2/h7H,5-6H2,1-4H3,(H,9,10). The Balaban J connectivity index is 3.85. The van der Waals surface area contributed by atoms with Gasteiger partial charge in [-0.2, -0.15) is 0 Å². The minimum Gasteiger partial charge on any atom is -0.374 e. The van der Waals surface area contributed by atoms with Gasteiger partial charge in [-0.3, -0.25) is 4.99 Å². The van der Waals surface area contributed by atoms with Gasteiger partial charge in [0.25, 0.3) is 0 Å². The van der Waals surface area contributed by atoms with Crippen molar-refractivity contribution in [2.75, 3.05) is 13.1 Å². The van der Waals surface area contributed by atoms with Gasteiger partial charge in [-0.25, -0.2) is 0 Å². The molecule has 0 aromatic rings. The van der Waals surface area contributed by atoms with Crippen molar-refractivity contribution in [2.24, 2.45) is 10.9 Å². The first kappa shape index (κ1) is 9.47. The highest BCUT2D eigenvalue weighted by molar-refractivity contribution is 5.83. The lowest BCUT2D eigenvalue weighted by Gasteiger charge is -2.10. The average molecular weight is 142 g/mol. The van der Waals surface area contributed by atoms with E-state index in [2.05, 4.69) is 38.0 Å². The molecule has 0 aliphatic rings. The first-order valence-corrected chi connectivity index (χ1v) is 4.00. The van der Waals surface area contributed by atoms with E-state index in [1.807, 2.05) is 0 Å². The molecule has 0 aromatic heterocycles. The van der Waals surface area contributed by atoms with Gasteiger partial charge < -0.3 is 5.32 Å². The van der Waals surface area contributed by atoms with Gasteiger partial charge in [0.1, 0.15) is 0 Å². The van der Waals surface area contributed by atoms with Crippen LogP contribution in [0.3, 0.4) is 0 Å². The van der Waals surface area contributed by atoms with E-state index < -0.39 is 0 Å². The van der Waals surface area contributed by atoms with Crippen LogP contribution < -0.4 is 5.32 Å². The van der Waals surface area contributed by atoms with E-state index in [9.17, 15) is 0 Å². The first-order valence-electron chi connectivity index (χ1n) is 4.00. The molecule has 0 unspecified atom stereocenters. The molecule has 0 aliphatic heterocycles. The Morgan fingerprint density at radius 1 is 1.40 bits per heavy atom. The molecular formula is C8H18N2. The number of rotatable bonds is 3. The van der Waals surface area contributed by atoms with Crippen molar-refractivity contribution in [3.05, 3.63) is 0 Å². The summed E-state index contributed by atoms with van der Waals surface area (Å²) < 4.78 is 0. The zero-order valence-electron chi connectivity index (χ0n) is 7.44. The second-order valence-corrected chi connectivity index (χ2v) is 2.54. The molecule has 2 heteroatoms. The topological polar surface area (TPSA) is 24.4 Å². The number of hydrogen-bond donors (Lipinski definition) is 1. The van der Waals surface area contributed by atoms with Crippen LogP contribution in [0.1, 0.15) is 27.7 Å². The van der Waals surface area contributed by atoms with E-state index in [1.54, 1.807) is 0 Å². The van der Waals surface area contributed by atoms with E-state index >= 15 is 0 Å². The zero-order valence-corrected chi connectivity index (χ0v) is 7.44. The highest BCUT2D eigenvalue weighted by atomic mass is 15.0. The van der Waals surface area contributed by atoms with Crippen molar-refractivity contribution in [1.29, 1.82) is 0 Å². The lowest BCUT2D eigenvalue weighted by molar-refractivity contribution is 0.794. The van der Waals surface area contributed by atoms with E-state index in [0.29, 0.717) is 5.92 Å². The second-order valence-electron chi connectivity index (χ2n) is 2.54. The van der Waals surface area contributed by atoms with Crippen molar-refractivity contribution in [2.45, 2.75) is 27.7 Å². The summed E-state index contributed by atoms with van der Waals surface area (Å²) in [4.78, 5) is 4.32.